The van der Waals surface area contributed by atoms with Crippen LogP contribution >= 0.6 is 0 Å². The van der Waals surface area contributed by atoms with Crippen LogP contribution in [-0.2, 0) is 4.79 Å². The first-order valence-corrected chi connectivity index (χ1v) is 5.94. The van der Waals surface area contributed by atoms with Crippen molar-refractivity contribution in [1.82, 2.24) is 5.32 Å². The number of carbonyl (C=O) groups excluding carboxylic acids is 1. The number of benzene rings is 1. The molecule has 0 radical (unpaired) electrons. The van der Waals surface area contributed by atoms with E-state index in [4.69, 9.17) is 4.74 Å². The highest BCUT2D eigenvalue weighted by molar-refractivity contribution is 5.90. The van der Waals surface area contributed by atoms with Crippen molar-refractivity contribution in [3.63, 3.8) is 0 Å². The number of likely N-dealkylation sites (N-methyl/N-ethyl adjacent to an activating group) is 1. The molecule has 1 amide bonds. The smallest absolute Gasteiger partial charge is 0.221 e. The molecule has 0 spiro atoms. The van der Waals surface area contributed by atoms with Gasteiger partial charge in [-0.15, -0.1) is 0 Å². The van der Waals surface area contributed by atoms with Crippen LogP contribution in [-0.4, -0.2) is 31.3 Å². The summed E-state index contributed by atoms with van der Waals surface area (Å²) in [5, 5.41) is 15.0. The van der Waals surface area contributed by atoms with E-state index in [-0.39, 0.29) is 18.6 Å². The molecule has 0 aliphatic carbocycles. The predicted octanol–water partition coefficient (Wildman–Crippen LogP) is 1.30. The van der Waals surface area contributed by atoms with Gasteiger partial charge in [0.1, 0.15) is 5.75 Å². The molecule has 0 aliphatic rings. The quantitative estimate of drug-likeness (QED) is 0.713. The number of aliphatic hydroxyl groups is 1. The van der Waals surface area contributed by atoms with E-state index in [0.29, 0.717) is 18.0 Å². The van der Waals surface area contributed by atoms with Crippen LogP contribution < -0.4 is 15.4 Å². The van der Waals surface area contributed by atoms with E-state index in [9.17, 15) is 9.90 Å². The molecule has 1 aromatic carbocycles. The van der Waals surface area contributed by atoms with E-state index in [1.807, 2.05) is 19.1 Å². The number of anilines is 1. The number of aliphatic hydroxyl groups excluding tert-OH is 1. The molecule has 5 nitrogen and oxygen atoms in total. The summed E-state index contributed by atoms with van der Waals surface area (Å²) in [5.41, 5.74) is 1.52. The molecule has 5 heteroatoms. The van der Waals surface area contributed by atoms with Crippen molar-refractivity contribution in [2.45, 2.75) is 19.9 Å². The van der Waals surface area contributed by atoms with Gasteiger partial charge in [0.25, 0.3) is 0 Å². The maximum absolute atomic E-state index is 11.2. The Morgan fingerprint density at radius 3 is 2.72 bits per heavy atom. The lowest BCUT2D eigenvalue weighted by molar-refractivity contribution is -0.114. The van der Waals surface area contributed by atoms with Gasteiger partial charge in [0, 0.05) is 6.92 Å². The van der Waals surface area contributed by atoms with Crippen molar-refractivity contribution in [3.05, 3.63) is 23.8 Å². The monoisotopic (exact) mass is 252 g/mol. The largest absolute Gasteiger partial charge is 0.492 e. The SMILES string of the molecule is CCOc1ccc(C(CO)NC)cc1NC(C)=O. The first-order chi connectivity index (χ1) is 8.62. The van der Waals surface area contributed by atoms with Crippen LogP contribution in [0.2, 0.25) is 0 Å². The van der Waals surface area contributed by atoms with Crippen molar-refractivity contribution in [2.75, 3.05) is 25.6 Å². The fourth-order valence-corrected chi connectivity index (χ4v) is 1.70. The Morgan fingerprint density at radius 1 is 1.50 bits per heavy atom. The van der Waals surface area contributed by atoms with E-state index in [1.165, 1.54) is 6.92 Å². The maximum Gasteiger partial charge on any atom is 0.221 e. The molecule has 1 aromatic rings. The fourth-order valence-electron chi connectivity index (χ4n) is 1.70. The Bertz CT molecular complexity index is 403. The molecule has 0 bridgehead atoms. The lowest BCUT2D eigenvalue weighted by atomic mass is 10.1. The van der Waals surface area contributed by atoms with Crippen LogP contribution in [0, 0.1) is 0 Å². The normalized spacial score (nSPS) is 12.0. The molecule has 0 saturated carbocycles. The molecule has 18 heavy (non-hydrogen) atoms. The number of amides is 1. The van der Waals surface area contributed by atoms with E-state index in [1.54, 1.807) is 13.1 Å². The standard InChI is InChI=1S/C13H20N2O3/c1-4-18-13-6-5-10(12(8-16)14-3)7-11(13)15-9(2)17/h5-7,12,14,16H,4,8H2,1-3H3,(H,15,17). The molecular weight excluding hydrogens is 232 g/mol. The Labute approximate surface area is 107 Å². The second-order valence-corrected chi connectivity index (χ2v) is 3.89. The topological polar surface area (TPSA) is 70.6 Å². The fraction of sp³-hybridized carbons (Fsp3) is 0.462. The molecule has 0 aromatic heterocycles. The minimum Gasteiger partial charge on any atom is -0.492 e. The Kier molecular flexibility index (Phi) is 5.61. The molecule has 3 N–H and O–H groups in total. The van der Waals surface area contributed by atoms with Crippen molar-refractivity contribution >= 4 is 11.6 Å². The molecule has 0 heterocycles. The number of ether oxygens (including phenoxy) is 1. The highest BCUT2D eigenvalue weighted by Gasteiger charge is 2.12. The lowest BCUT2D eigenvalue weighted by Crippen LogP contribution is -2.20. The van der Waals surface area contributed by atoms with Gasteiger partial charge >= 0.3 is 0 Å². The van der Waals surface area contributed by atoms with Crippen molar-refractivity contribution < 1.29 is 14.6 Å². The summed E-state index contributed by atoms with van der Waals surface area (Å²) in [7, 11) is 1.77. The first-order valence-electron chi connectivity index (χ1n) is 5.94. The summed E-state index contributed by atoms with van der Waals surface area (Å²) in [6.07, 6.45) is 0. The second kappa shape index (κ2) is 6.98. The minimum atomic E-state index is -0.159. The van der Waals surface area contributed by atoms with Gasteiger partial charge in [-0.05, 0) is 31.7 Å². The molecule has 100 valence electrons. The molecule has 1 unspecified atom stereocenters. The lowest BCUT2D eigenvalue weighted by Gasteiger charge is -2.17. The summed E-state index contributed by atoms with van der Waals surface area (Å²) in [4.78, 5) is 11.2. The summed E-state index contributed by atoms with van der Waals surface area (Å²) in [5.74, 6) is 0.474. The molecule has 0 aliphatic heterocycles. The average Bonchev–Trinajstić information content (AvgIpc) is 2.33. The van der Waals surface area contributed by atoms with Crippen LogP contribution in [0.4, 0.5) is 5.69 Å². The van der Waals surface area contributed by atoms with Crippen LogP contribution in [0.25, 0.3) is 0 Å². The third-order valence-electron chi connectivity index (χ3n) is 2.55. The van der Waals surface area contributed by atoms with E-state index in [2.05, 4.69) is 10.6 Å². The van der Waals surface area contributed by atoms with Crippen LogP contribution in [0.5, 0.6) is 5.75 Å². The van der Waals surface area contributed by atoms with Gasteiger partial charge in [-0.25, -0.2) is 0 Å². The Morgan fingerprint density at radius 2 is 2.22 bits per heavy atom. The number of nitrogens with one attached hydrogen (secondary N) is 2. The van der Waals surface area contributed by atoms with Gasteiger partial charge in [-0.2, -0.15) is 0 Å². The van der Waals surface area contributed by atoms with Crippen molar-refractivity contribution in [3.8, 4) is 5.75 Å². The molecule has 0 saturated heterocycles. The molecule has 1 atom stereocenters. The maximum atomic E-state index is 11.2. The summed E-state index contributed by atoms with van der Waals surface area (Å²) in [6.45, 7) is 3.85. The van der Waals surface area contributed by atoms with E-state index >= 15 is 0 Å². The van der Waals surface area contributed by atoms with E-state index < -0.39 is 0 Å². The van der Waals surface area contributed by atoms with Gasteiger partial charge in [0.2, 0.25) is 5.91 Å². The number of hydrogen-bond donors (Lipinski definition) is 3. The van der Waals surface area contributed by atoms with Gasteiger partial charge in [0.05, 0.1) is 24.9 Å². The zero-order valence-electron chi connectivity index (χ0n) is 11.0. The zero-order chi connectivity index (χ0) is 13.5. The minimum absolute atomic E-state index is 0.00993. The number of rotatable bonds is 6. The van der Waals surface area contributed by atoms with Gasteiger partial charge in [0.15, 0.2) is 0 Å². The Hall–Kier alpha value is -1.59. The average molecular weight is 252 g/mol. The summed E-state index contributed by atoms with van der Waals surface area (Å²) < 4.78 is 5.44. The van der Waals surface area contributed by atoms with E-state index in [0.717, 1.165) is 5.56 Å². The van der Waals surface area contributed by atoms with Crippen LogP contribution in [0.3, 0.4) is 0 Å². The van der Waals surface area contributed by atoms with Crippen LogP contribution in [0.15, 0.2) is 18.2 Å². The van der Waals surface area contributed by atoms with Gasteiger partial charge in [-0.1, -0.05) is 6.07 Å². The molecule has 0 fully saturated rings. The highest BCUT2D eigenvalue weighted by Crippen LogP contribution is 2.28. The second-order valence-electron chi connectivity index (χ2n) is 3.89. The summed E-state index contributed by atoms with van der Waals surface area (Å²) >= 11 is 0. The predicted molar refractivity (Wildman–Crippen MR) is 70.8 cm³/mol. The highest BCUT2D eigenvalue weighted by atomic mass is 16.5. The first kappa shape index (κ1) is 14.5. The van der Waals surface area contributed by atoms with Crippen molar-refractivity contribution in [1.29, 1.82) is 0 Å². The van der Waals surface area contributed by atoms with Crippen LogP contribution in [0.1, 0.15) is 25.5 Å². The number of hydrogen-bond acceptors (Lipinski definition) is 4. The van der Waals surface area contributed by atoms with Gasteiger partial charge in [-0.3, -0.25) is 4.79 Å². The van der Waals surface area contributed by atoms with Crippen molar-refractivity contribution in [2.24, 2.45) is 0 Å². The summed E-state index contributed by atoms with van der Waals surface area (Å²) in [6, 6.07) is 5.31. The third-order valence-corrected chi connectivity index (χ3v) is 2.55. The zero-order valence-corrected chi connectivity index (χ0v) is 11.0. The number of carbonyl (C=O) groups is 1. The third kappa shape index (κ3) is 3.72. The molecular formula is C13H20N2O3. The molecule has 1 rings (SSSR count). The Balaban J connectivity index is 3.07. The van der Waals surface area contributed by atoms with Gasteiger partial charge < -0.3 is 20.5 Å².